The van der Waals surface area contributed by atoms with E-state index in [0.29, 0.717) is 18.8 Å². The fourth-order valence-electron chi connectivity index (χ4n) is 3.33. The summed E-state index contributed by atoms with van der Waals surface area (Å²) in [4.78, 5) is 31.3. The smallest absolute Gasteiger partial charge is 0.270 e. The number of carbonyl (C=O) groups excluding carboxylic acids is 2. The molecule has 0 saturated carbocycles. The molecule has 2 heterocycles. The number of carbonyl (C=O) groups is 2. The Morgan fingerprint density at radius 1 is 1.19 bits per heavy atom. The van der Waals surface area contributed by atoms with Crippen LogP contribution in [0.1, 0.15) is 37.2 Å². The van der Waals surface area contributed by atoms with Crippen molar-refractivity contribution in [2.75, 3.05) is 19.3 Å². The van der Waals surface area contributed by atoms with Crippen LogP contribution < -0.4 is 5.32 Å². The van der Waals surface area contributed by atoms with Gasteiger partial charge in [-0.05, 0) is 31.2 Å². The maximum atomic E-state index is 12.9. The standard InChI is InChI=1S/C20H26N4O2S/c1-14(2)19(26)23-11-9-15(10-12-23)22-18(25)17-13-21-20(27-3)24(17)16-7-5-4-6-8-16/h4-8,13-15H,9-12H2,1-3H3,(H,22,25). The van der Waals surface area contributed by atoms with Gasteiger partial charge in [-0.2, -0.15) is 0 Å². The van der Waals surface area contributed by atoms with E-state index in [0.717, 1.165) is 23.7 Å². The number of imidazole rings is 1. The number of thioether (sulfide) groups is 1. The van der Waals surface area contributed by atoms with Crippen LogP contribution in [0.15, 0.2) is 41.7 Å². The Morgan fingerprint density at radius 3 is 2.44 bits per heavy atom. The Bertz CT molecular complexity index is 796. The monoisotopic (exact) mass is 386 g/mol. The SMILES string of the molecule is CSc1ncc(C(=O)NC2CCN(C(=O)C(C)C)CC2)n1-c1ccccc1. The van der Waals surface area contributed by atoms with Gasteiger partial charge in [0, 0.05) is 30.7 Å². The number of likely N-dealkylation sites (tertiary alicyclic amines) is 1. The molecule has 0 unspecified atom stereocenters. The summed E-state index contributed by atoms with van der Waals surface area (Å²) in [7, 11) is 0. The highest BCUT2D eigenvalue weighted by Crippen LogP contribution is 2.22. The fourth-order valence-corrected chi connectivity index (χ4v) is 3.88. The molecule has 0 bridgehead atoms. The largest absolute Gasteiger partial charge is 0.348 e. The molecule has 2 aromatic rings. The second-order valence-electron chi connectivity index (χ2n) is 7.03. The van der Waals surface area contributed by atoms with E-state index in [1.54, 1.807) is 6.20 Å². The first-order valence-corrected chi connectivity index (χ1v) is 10.5. The highest BCUT2D eigenvalue weighted by Gasteiger charge is 2.26. The molecule has 1 aliphatic rings. The number of aromatic nitrogens is 2. The molecule has 7 heteroatoms. The minimum Gasteiger partial charge on any atom is -0.348 e. The van der Waals surface area contributed by atoms with Gasteiger partial charge in [0.05, 0.1) is 6.20 Å². The number of amides is 2. The molecule has 0 spiro atoms. The molecule has 1 aromatic carbocycles. The Kier molecular flexibility index (Phi) is 6.21. The van der Waals surface area contributed by atoms with Crippen LogP contribution in [-0.4, -0.2) is 51.7 Å². The van der Waals surface area contributed by atoms with Crippen molar-refractivity contribution < 1.29 is 9.59 Å². The Balaban J connectivity index is 1.69. The van der Waals surface area contributed by atoms with Crippen LogP contribution in [0.5, 0.6) is 0 Å². The Morgan fingerprint density at radius 2 is 1.85 bits per heavy atom. The lowest BCUT2D eigenvalue weighted by molar-refractivity contribution is -0.135. The maximum Gasteiger partial charge on any atom is 0.270 e. The molecule has 3 rings (SSSR count). The first-order chi connectivity index (χ1) is 13.0. The number of rotatable bonds is 5. The highest BCUT2D eigenvalue weighted by molar-refractivity contribution is 7.98. The number of piperidine rings is 1. The average molecular weight is 387 g/mol. The molecule has 6 nitrogen and oxygen atoms in total. The maximum absolute atomic E-state index is 12.9. The molecular weight excluding hydrogens is 360 g/mol. The lowest BCUT2D eigenvalue weighted by Crippen LogP contribution is -2.47. The number of benzene rings is 1. The van der Waals surface area contributed by atoms with Gasteiger partial charge in [0.25, 0.3) is 5.91 Å². The molecule has 0 radical (unpaired) electrons. The first-order valence-electron chi connectivity index (χ1n) is 9.28. The Hall–Kier alpha value is -2.28. The second-order valence-corrected chi connectivity index (χ2v) is 7.80. The second kappa shape index (κ2) is 8.61. The van der Waals surface area contributed by atoms with Gasteiger partial charge in [0.1, 0.15) is 5.69 Å². The van der Waals surface area contributed by atoms with Gasteiger partial charge in [-0.3, -0.25) is 14.2 Å². The molecule has 1 N–H and O–H groups in total. The number of hydrogen-bond donors (Lipinski definition) is 1. The number of para-hydroxylation sites is 1. The van der Waals surface area contributed by atoms with Gasteiger partial charge in [-0.1, -0.05) is 43.8 Å². The number of hydrogen-bond acceptors (Lipinski definition) is 4. The summed E-state index contributed by atoms with van der Waals surface area (Å²) >= 11 is 1.51. The summed E-state index contributed by atoms with van der Waals surface area (Å²) in [5, 5.41) is 3.91. The van der Waals surface area contributed by atoms with E-state index in [-0.39, 0.29) is 23.8 Å². The zero-order valence-electron chi connectivity index (χ0n) is 16.0. The first kappa shape index (κ1) is 19.5. The summed E-state index contributed by atoms with van der Waals surface area (Å²) in [6.07, 6.45) is 5.13. The van der Waals surface area contributed by atoms with Crippen LogP contribution in [-0.2, 0) is 4.79 Å². The zero-order chi connectivity index (χ0) is 19.4. The van der Waals surface area contributed by atoms with E-state index < -0.39 is 0 Å². The minimum absolute atomic E-state index is 0.0151. The summed E-state index contributed by atoms with van der Waals surface area (Å²) in [6, 6.07) is 9.85. The number of nitrogens with one attached hydrogen (secondary N) is 1. The molecular formula is C20H26N4O2S. The minimum atomic E-state index is -0.125. The fraction of sp³-hybridized carbons (Fsp3) is 0.450. The van der Waals surface area contributed by atoms with Gasteiger partial charge in [-0.15, -0.1) is 0 Å². The molecule has 0 aliphatic carbocycles. The van der Waals surface area contributed by atoms with Crippen LogP contribution in [0.2, 0.25) is 0 Å². The predicted octanol–water partition coefficient (Wildman–Crippen LogP) is 2.97. The molecule has 27 heavy (non-hydrogen) atoms. The van der Waals surface area contributed by atoms with Crippen LogP contribution in [0.25, 0.3) is 5.69 Å². The average Bonchev–Trinajstić information content (AvgIpc) is 3.13. The molecule has 1 fully saturated rings. The summed E-state index contributed by atoms with van der Waals surface area (Å²) < 4.78 is 1.89. The predicted molar refractivity (Wildman–Crippen MR) is 107 cm³/mol. The summed E-state index contributed by atoms with van der Waals surface area (Å²) in [6.45, 7) is 5.22. The van der Waals surface area contributed by atoms with Crippen molar-refractivity contribution in [1.29, 1.82) is 0 Å². The van der Waals surface area contributed by atoms with Crippen molar-refractivity contribution in [3.63, 3.8) is 0 Å². The number of nitrogens with zero attached hydrogens (tertiary/aromatic N) is 3. The quantitative estimate of drug-likeness (QED) is 0.803. The van der Waals surface area contributed by atoms with Gasteiger partial charge in [-0.25, -0.2) is 4.98 Å². The summed E-state index contributed by atoms with van der Waals surface area (Å²) in [5.74, 6) is 0.0770. The van der Waals surface area contributed by atoms with Gasteiger partial charge in [0.15, 0.2) is 5.16 Å². The van der Waals surface area contributed by atoms with Gasteiger partial charge in [0.2, 0.25) is 5.91 Å². The lowest BCUT2D eigenvalue weighted by Gasteiger charge is -2.33. The molecule has 144 valence electrons. The third-order valence-corrected chi connectivity index (χ3v) is 5.45. The van der Waals surface area contributed by atoms with Crippen molar-refractivity contribution in [2.24, 2.45) is 5.92 Å². The highest BCUT2D eigenvalue weighted by atomic mass is 32.2. The zero-order valence-corrected chi connectivity index (χ0v) is 16.8. The molecule has 1 aromatic heterocycles. The lowest BCUT2D eigenvalue weighted by atomic mass is 10.0. The van der Waals surface area contributed by atoms with Crippen molar-refractivity contribution >= 4 is 23.6 Å². The van der Waals surface area contributed by atoms with Crippen LogP contribution in [0.4, 0.5) is 0 Å². The van der Waals surface area contributed by atoms with Crippen molar-refractivity contribution in [3.8, 4) is 5.69 Å². The van der Waals surface area contributed by atoms with Crippen LogP contribution >= 0.6 is 11.8 Å². The normalized spacial score (nSPS) is 15.2. The van der Waals surface area contributed by atoms with E-state index >= 15 is 0 Å². The van der Waals surface area contributed by atoms with Crippen LogP contribution in [0.3, 0.4) is 0 Å². The Labute approximate surface area is 164 Å². The van der Waals surface area contributed by atoms with Crippen molar-refractivity contribution in [3.05, 3.63) is 42.2 Å². The van der Waals surface area contributed by atoms with Gasteiger partial charge < -0.3 is 10.2 Å². The summed E-state index contributed by atoms with van der Waals surface area (Å²) in [5.41, 5.74) is 1.45. The third kappa shape index (κ3) is 4.35. The van der Waals surface area contributed by atoms with Gasteiger partial charge >= 0.3 is 0 Å². The topological polar surface area (TPSA) is 67.2 Å². The van der Waals surface area contributed by atoms with Crippen molar-refractivity contribution in [1.82, 2.24) is 19.8 Å². The van der Waals surface area contributed by atoms with E-state index in [1.807, 2.05) is 59.9 Å². The molecule has 1 saturated heterocycles. The van der Waals surface area contributed by atoms with E-state index in [4.69, 9.17) is 0 Å². The molecule has 0 atom stereocenters. The van der Waals surface area contributed by atoms with Crippen molar-refractivity contribution in [2.45, 2.75) is 37.9 Å². The third-order valence-electron chi connectivity index (χ3n) is 4.79. The molecule has 1 aliphatic heterocycles. The molecule has 2 amide bonds. The van der Waals surface area contributed by atoms with Crippen LogP contribution in [0, 0.1) is 5.92 Å². The van der Waals surface area contributed by atoms with E-state index in [1.165, 1.54) is 11.8 Å². The van der Waals surface area contributed by atoms with E-state index in [9.17, 15) is 9.59 Å². The van der Waals surface area contributed by atoms with E-state index in [2.05, 4.69) is 10.3 Å².